The second kappa shape index (κ2) is 6.44. The van der Waals surface area contributed by atoms with Gasteiger partial charge in [0.05, 0.1) is 11.3 Å². The fraction of sp³-hybridized carbons (Fsp3) is 0.438. The molecule has 0 unspecified atom stereocenters. The van der Waals surface area contributed by atoms with Crippen molar-refractivity contribution < 1.29 is 4.79 Å². The minimum Gasteiger partial charge on any atom is -0.357 e. The van der Waals surface area contributed by atoms with E-state index in [-0.39, 0.29) is 5.91 Å². The maximum atomic E-state index is 12.3. The number of anilines is 2. The number of nitrogens with one attached hydrogen (secondary N) is 1. The third-order valence-corrected chi connectivity index (χ3v) is 4.99. The number of aryl methyl sites for hydroxylation is 2. The maximum Gasteiger partial charge on any atom is 0.259 e. The molecule has 22 heavy (non-hydrogen) atoms. The van der Waals surface area contributed by atoms with Crippen LogP contribution in [-0.2, 0) is 12.8 Å². The summed E-state index contributed by atoms with van der Waals surface area (Å²) in [4.78, 5) is 24.6. The van der Waals surface area contributed by atoms with Crippen molar-refractivity contribution in [3.63, 3.8) is 0 Å². The molecule has 2 heterocycles. The quantitative estimate of drug-likeness (QED) is 0.921. The molecule has 6 heteroatoms. The SMILES string of the molecule is CCN(CC)c1ccc(C(=O)Nc2nc3c(s2)CCC3)cn1. The summed E-state index contributed by atoms with van der Waals surface area (Å²) in [6.07, 6.45) is 4.92. The van der Waals surface area contributed by atoms with E-state index in [1.807, 2.05) is 12.1 Å². The van der Waals surface area contributed by atoms with Gasteiger partial charge in [0.15, 0.2) is 5.13 Å². The highest BCUT2D eigenvalue weighted by Crippen LogP contribution is 2.30. The van der Waals surface area contributed by atoms with E-state index in [0.29, 0.717) is 10.7 Å². The number of hydrogen-bond acceptors (Lipinski definition) is 5. The van der Waals surface area contributed by atoms with Crippen molar-refractivity contribution in [1.29, 1.82) is 0 Å². The third kappa shape index (κ3) is 2.97. The summed E-state index contributed by atoms with van der Waals surface area (Å²) in [6, 6.07) is 3.71. The van der Waals surface area contributed by atoms with Gasteiger partial charge in [-0.1, -0.05) is 0 Å². The van der Waals surface area contributed by atoms with Gasteiger partial charge in [-0.3, -0.25) is 10.1 Å². The number of fused-ring (bicyclic) bond motifs is 1. The highest BCUT2D eigenvalue weighted by molar-refractivity contribution is 7.15. The third-order valence-electron chi connectivity index (χ3n) is 3.91. The van der Waals surface area contributed by atoms with Crippen molar-refractivity contribution in [1.82, 2.24) is 9.97 Å². The molecule has 0 spiro atoms. The van der Waals surface area contributed by atoms with E-state index in [4.69, 9.17) is 0 Å². The van der Waals surface area contributed by atoms with E-state index in [2.05, 4.69) is 34.0 Å². The molecule has 1 aliphatic carbocycles. The molecule has 0 fully saturated rings. The van der Waals surface area contributed by atoms with E-state index in [1.165, 1.54) is 11.3 Å². The zero-order chi connectivity index (χ0) is 15.5. The molecule has 0 bridgehead atoms. The number of nitrogens with zero attached hydrogens (tertiary/aromatic N) is 3. The van der Waals surface area contributed by atoms with Gasteiger partial charge >= 0.3 is 0 Å². The molecular weight excluding hydrogens is 296 g/mol. The minimum atomic E-state index is -0.147. The van der Waals surface area contributed by atoms with Crippen LogP contribution in [0.15, 0.2) is 18.3 Å². The van der Waals surface area contributed by atoms with Crippen molar-refractivity contribution >= 4 is 28.2 Å². The van der Waals surface area contributed by atoms with Gasteiger partial charge in [-0.15, -0.1) is 11.3 Å². The van der Waals surface area contributed by atoms with Crippen molar-refractivity contribution in [2.24, 2.45) is 0 Å². The van der Waals surface area contributed by atoms with E-state index < -0.39 is 0 Å². The first kappa shape index (κ1) is 15.0. The molecule has 0 saturated carbocycles. The van der Waals surface area contributed by atoms with Crippen LogP contribution in [0.5, 0.6) is 0 Å². The molecule has 2 aromatic heterocycles. The van der Waals surface area contributed by atoms with E-state index in [0.717, 1.165) is 37.4 Å². The first-order valence-electron chi connectivity index (χ1n) is 7.72. The van der Waals surface area contributed by atoms with Crippen LogP contribution in [0, 0.1) is 0 Å². The largest absolute Gasteiger partial charge is 0.357 e. The summed E-state index contributed by atoms with van der Waals surface area (Å²) >= 11 is 1.59. The van der Waals surface area contributed by atoms with Crippen LogP contribution < -0.4 is 10.2 Å². The summed E-state index contributed by atoms with van der Waals surface area (Å²) in [7, 11) is 0. The summed E-state index contributed by atoms with van der Waals surface area (Å²) in [5.41, 5.74) is 1.71. The Morgan fingerprint density at radius 3 is 2.77 bits per heavy atom. The van der Waals surface area contributed by atoms with Crippen LogP contribution in [-0.4, -0.2) is 29.0 Å². The first-order valence-corrected chi connectivity index (χ1v) is 8.53. The minimum absolute atomic E-state index is 0.147. The summed E-state index contributed by atoms with van der Waals surface area (Å²) in [5.74, 6) is 0.751. The average Bonchev–Trinajstić information content (AvgIpc) is 3.10. The molecule has 2 aromatic rings. The number of pyridine rings is 1. The van der Waals surface area contributed by atoms with Gasteiger partial charge < -0.3 is 4.90 Å². The molecule has 116 valence electrons. The molecule has 1 N–H and O–H groups in total. The summed E-state index contributed by atoms with van der Waals surface area (Å²) in [5, 5.41) is 3.58. The van der Waals surface area contributed by atoms with Crippen molar-refractivity contribution in [3.05, 3.63) is 34.5 Å². The number of carbonyl (C=O) groups is 1. The van der Waals surface area contributed by atoms with Gasteiger partial charge in [0.1, 0.15) is 5.82 Å². The Morgan fingerprint density at radius 2 is 2.14 bits per heavy atom. The normalized spacial score (nSPS) is 13.0. The lowest BCUT2D eigenvalue weighted by Crippen LogP contribution is -2.23. The predicted octanol–water partition coefficient (Wildman–Crippen LogP) is 3.13. The maximum absolute atomic E-state index is 12.3. The zero-order valence-electron chi connectivity index (χ0n) is 12.9. The Bertz CT molecular complexity index is 640. The molecule has 1 aliphatic rings. The highest BCUT2D eigenvalue weighted by atomic mass is 32.1. The summed E-state index contributed by atoms with van der Waals surface area (Å²) < 4.78 is 0. The monoisotopic (exact) mass is 316 g/mol. The Hall–Kier alpha value is -1.95. The number of thiazole rings is 1. The van der Waals surface area contributed by atoms with Crippen LogP contribution in [0.2, 0.25) is 0 Å². The number of hydrogen-bond donors (Lipinski definition) is 1. The average molecular weight is 316 g/mol. The van der Waals surface area contributed by atoms with Gasteiger partial charge in [-0.05, 0) is 45.2 Å². The number of carbonyl (C=O) groups excluding carboxylic acids is 1. The lowest BCUT2D eigenvalue weighted by atomic mass is 10.2. The molecule has 0 saturated heterocycles. The topological polar surface area (TPSA) is 58.1 Å². The Kier molecular flexibility index (Phi) is 4.38. The second-order valence-electron chi connectivity index (χ2n) is 5.27. The number of aromatic nitrogens is 2. The van der Waals surface area contributed by atoms with E-state index >= 15 is 0 Å². The second-order valence-corrected chi connectivity index (χ2v) is 6.36. The lowest BCUT2D eigenvalue weighted by Gasteiger charge is -2.19. The predicted molar refractivity (Wildman–Crippen MR) is 89.9 cm³/mol. The molecule has 3 rings (SSSR count). The van der Waals surface area contributed by atoms with Crippen LogP contribution in [0.3, 0.4) is 0 Å². The van der Waals surface area contributed by atoms with Crippen LogP contribution >= 0.6 is 11.3 Å². The molecule has 5 nitrogen and oxygen atoms in total. The number of amides is 1. The number of rotatable bonds is 5. The Balaban J connectivity index is 1.69. The molecule has 0 radical (unpaired) electrons. The van der Waals surface area contributed by atoms with Gasteiger partial charge in [0, 0.05) is 24.2 Å². The van der Waals surface area contributed by atoms with Crippen molar-refractivity contribution in [2.45, 2.75) is 33.1 Å². The van der Waals surface area contributed by atoms with Gasteiger partial charge in [0.25, 0.3) is 5.91 Å². The fourth-order valence-corrected chi connectivity index (χ4v) is 3.71. The molecular formula is C16H20N4OS. The standard InChI is InChI=1S/C16H20N4OS/c1-3-20(4-2)14-9-8-11(10-17-14)15(21)19-16-18-12-6-5-7-13(12)22-16/h8-10H,3-7H2,1-2H3,(H,18,19,21). The van der Waals surface area contributed by atoms with Crippen LogP contribution in [0.25, 0.3) is 0 Å². The van der Waals surface area contributed by atoms with Crippen LogP contribution in [0.1, 0.15) is 41.2 Å². The first-order chi connectivity index (χ1) is 10.7. The molecule has 0 atom stereocenters. The molecule has 0 aromatic carbocycles. The summed E-state index contributed by atoms with van der Waals surface area (Å²) in [6.45, 7) is 5.99. The zero-order valence-corrected chi connectivity index (χ0v) is 13.7. The molecule has 1 amide bonds. The lowest BCUT2D eigenvalue weighted by molar-refractivity contribution is 0.102. The van der Waals surface area contributed by atoms with Crippen molar-refractivity contribution in [3.8, 4) is 0 Å². The van der Waals surface area contributed by atoms with Gasteiger partial charge in [-0.25, -0.2) is 9.97 Å². The Labute approximate surface area is 134 Å². The van der Waals surface area contributed by atoms with Gasteiger partial charge in [-0.2, -0.15) is 0 Å². The fourth-order valence-electron chi connectivity index (χ4n) is 2.67. The van der Waals surface area contributed by atoms with E-state index in [9.17, 15) is 4.79 Å². The molecule has 0 aliphatic heterocycles. The smallest absolute Gasteiger partial charge is 0.259 e. The van der Waals surface area contributed by atoms with Gasteiger partial charge in [0.2, 0.25) is 0 Å². The van der Waals surface area contributed by atoms with Crippen LogP contribution in [0.4, 0.5) is 10.9 Å². The highest BCUT2D eigenvalue weighted by Gasteiger charge is 2.18. The van der Waals surface area contributed by atoms with Crippen molar-refractivity contribution in [2.75, 3.05) is 23.3 Å². The van der Waals surface area contributed by atoms with E-state index in [1.54, 1.807) is 17.5 Å². The Morgan fingerprint density at radius 1 is 1.32 bits per heavy atom.